The van der Waals surface area contributed by atoms with Crippen LogP contribution >= 0.6 is 0 Å². The Labute approximate surface area is 123 Å². The molecule has 108 valence electrons. The third kappa shape index (κ3) is 3.45. The molecule has 0 saturated carbocycles. The number of carbonyl (C=O) groups is 1. The first-order valence-corrected chi connectivity index (χ1v) is 6.44. The van der Waals surface area contributed by atoms with E-state index in [0.29, 0.717) is 17.0 Å². The molecule has 0 amide bonds. The number of hydrogen-bond donors (Lipinski definition) is 0. The Hall–Kier alpha value is -2.69. The minimum absolute atomic E-state index is 0.398. The van der Waals surface area contributed by atoms with E-state index < -0.39 is 5.97 Å². The smallest absolute Gasteiger partial charge is 0.308 e. The van der Waals surface area contributed by atoms with Crippen LogP contribution in [0.5, 0.6) is 5.75 Å². The highest BCUT2D eigenvalue weighted by atomic mass is 16.6. The molecular weight excluding hydrogens is 268 g/mol. The van der Waals surface area contributed by atoms with Gasteiger partial charge in [0.1, 0.15) is 12.9 Å². The largest absolute Gasteiger partial charge is 0.425 e. The molecule has 0 atom stereocenters. The van der Waals surface area contributed by atoms with Crippen molar-refractivity contribution in [3.05, 3.63) is 48.2 Å². The second-order valence-electron chi connectivity index (χ2n) is 4.35. The summed E-state index contributed by atoms with van der Waals surface area (Å²) in [6.45, 7) is 3.15. The van der Waals surface area contributed by atoms with E-state index in [4.69, 9.17) is 9.57 Å². The highest BCUT2D eigenvalue weighted by Crippen LogP contribution is 2.32. The molecule has 0 aliphatic heterocycles. The zero-order valence-electron chi connectivity index (χ0n) is 12.2. The molecule has 2 rings (SSSR count). The highest BCUT2D eigenvalue weighted by Gasteiger charge is 2.16. The summed E-state index contributed by atoms with van der Waals surface area (Å²) in [6.07, 6.45) is 1.69. The molecule has 0 radical (unpaired) electrons. The number of nitrogens with zero attached hydrogens (tertiary/aromatic N) is 2. The summed E-state index contributed by atoms with van der Waals surface area (Å²) in [4.78, 5) is 20.5. The lowest BCUT2D eigenvalue weighted by Gasteiger charge is -2.13. The van der Waals surface area contributed by atoms with Crippen molar-refractivity contribution in [3.63, 3.8) is 0 Å². The van der Waals surface area contributed by atoms with Gasteiger partial charge in [-0.2, -0.15) is 0 Å². The Kier molecular flexibility index (Phi) is 4.66. The number of benzene rings is 1. The number of para-hydroxylation sites is 1. The summed E-state index contributed by atoms with van der Waals surface area (Å²) in [5.41, 5.74) is 2.76. The van der Waals surface area contributed by atoms with Crippen molar-refractivity contribution in [3.8, 4) is 17.0 Å². The molecule has 1 heterocycles. The third-order valence-corrected chi connectivity index (χ3v) is 2.82. The number of carbonyl (C=O) groups excluding carboxylic acids is 1. The molecule has 0 bridgehead atoms. The predicted octanol–water partition coefficient (Wildman–Crippen LogP) is 3.04. The van der Waals surface area contributed by atoms with Crippen LogP contribution in [0.1, 0.15) is 19.4 Å². The van der Waals surface area contributed by atoms with Crippen molar-refractivity contribution in [2.75, 3.05) is 7.11 Å². The van der Waals surface area contributed by atoms with E-state index in [1.807, 2.05) is 36.4 Å². The fourth-order valence-corrected chi connectivity index (χ4v) is 1.99. The average molecular weight is 284 g/mol. The van der Waals surface area contributed by atoms with E-state index in [1.165, 1.54) is 14.0 Å². The van der Waals surface area contributed by atoms with Gasteiger partial charge in [0.25, 0.3) is 0 Å². The van der Waals surface area contributed by atoms with Crippen molar-refractivity contribution < 1.29 is 14.4 Å². The summed E-state index contributed by atoms with van der Waals surface area (Å²) < 4.78 is 5.38. The third-order valence-electron chi connectivity index (χ3n) is 2.82. The maximum absolute atomic E-state index is 11.4. The lowest BCUT2D eigenvalue weighted by Crippen LogP contribution is -2.08. The molecule has 0 fully saturated rings. The topological polar surface area (TPSA) is 60.8 Å². The summed E-state index contributed by atoms with van der Waals surface area (Å²) in [7, 11) is 1.47. The molecule has 5 heteroatoms. The van der Waals surface area contributed by atoms with Crippen molar-refractivity contribution >= 4 is 11.7 Å². The van der Waals surface area contributed by atoms with Gasteiger partial charge in [-0.1, -0.05) is 17.3 Å². The second-order valence-corrected chi connectivity index (χ2v) is 4.35. The zero-order valence-corrected chi connectivity index (χ0v) is 12.2. The van der Waals surface area contributed by atoms with E-state index in [9.17, 15) is 4.79 Å². The van der Waals surface area contributed by atoms with Crippen LogP contribution in [0.25, 0.3) is 11.3 Å². The monoisotopic (exact) mass is 284 g/mol. The summed E-state index contributed by atoms with van der Waals surface area (Å²) >= 11 is 0. The van der Waals surface area contributed by atoms with Gasteiger partial charge in [0.2, 0.25) is 0 Å². The van der Waals surface area contributed by atoms with E-state index in [1.54, 1.807) is 13.1 Å². The molecule has 0 unspecified atom stereocenters. The highest BCUT2D eigenvalue weighted by molar-refractivity contribution is 6.03. The number of esters is 1. The molecule has 1 aromatic heterocycles. The maximum atomic E-state index is 11.4. The Bertz CT molecular complexity index is 666. The molecule has 2 aromatic rings. The van der Waals surface area contributed by atoms with Gasteiger partial charge in [-0.3, -0.25) is 9.78 Å². The molecule has 5 nitrogen and oxygen atoms in total. The number of oxime groups is 1. The fraction of sp³-hybridized carbons (Fsp3) is 0.188. The van der Waals surface area contributed by atoms with Gasteiger partial charge in [0.05, 0.1) is 11.4 Å². The van der Waals surface area contributed by atoms with Crippen LogP contribution in [0, 0.1) is 0 Å². The first kappa shape index (κ1) is 14.7. The lowest BCUT2D eigenvalue weighted by atomic mass is 10.0. The Morgan fingerprint density at radius 1 is 1.14 bits per heavy atom. The van der Waals surface area contributed by atoms with Gasteiger partial charge >= 0.3 is 5.97 Å². The van der Waals surface area contributed by atoms with Gasteiger partial charge in [-0.05, 0) is 31.2 Å². The lowest BCUT2D eigenvalue weighted by molar-refractivity contribution is -0.131. The quantitative estimate of drug-likeness (QED) is 0.375. The van der Waals surface area contributed by atoms with Gasteiger partial charge < -0.3 is 9.57 Å². The van der Waals surface area contributed by atoms with Crippen LogP contribution in [-0.2, 0) is 9.63 Å². The van der Waals surface area contributed by atoms with E-state index in [-0.39, 0.29) is 0 Å². The van der Waals surface area contributed by atoms with Gasteiger partial charge in [-0.15, -0.1) is 0 Å². The molecule has 0 spiro atoms. The first-order chi connectivity index (χ1) is 10.1. The van der Waals surface area contributed by atoms with Crippen LogP contribution in [0.4, 0.5) is 0 Å². The normalized spacial score (nSPS) is 11.1. The number of pyridine rings is 1. The van der Waals surface area contributed by atoms with E-state index in [2.05, 4.69) is 10.1 Å². The standard InChI is InChI=1S/C16H16N2O3/c1-11(18-20-3)13-7-6-8-14(16(13)21-12(2)19)15-9-4-5-10-17-15/h4-10H,1-3H3/b18-11-. The van der Waals surface area contributed by atoms with E-state index in [0.717, 1.165) is 11.3 Å². The van der Waals surface area contributed by atoms with Crippen LogP contribution in [0.3, 0.4) is 0 Å². The van der Waals surface area contributed by atoms with Crippen molar-refractivity contribution in [2.24, 2.45) is 5.16 Å². The van der Waals surface area contributed by atoms with E-state index >= 15 is 0 Å². The van der Waals surface area contributed by atoms with Gasteiger partial charge in [0, 0.05) is 24.2 Å². The molecule has 0 N–H and O–H groups in total. The fourth-order valence-electron chi connectivity index (χ4n) is 1.99. The molecule has 0 aliphatic carbocycles. The SMILES string of the molecule is CO/N=C(/C)c1cccc(-c2ccccn2)c1OC(C)=O. The van der Waals surface area contributed by atoms with Crippen LogP contribution in [-0.4, -0.2) is 23.8 Å². The molecule has 0 saturated heterocycles. The van der Waals surface area contributed by atoms with Crippen molar-refractivity contribution in [1.29, 1.82) is 0 Å². The number of aromatic nitrogens is 1. The predicted molar refractivity (Wildman–Crippen MR) is 80.2 cm³/mol. The Morgan fingerprint density at radius 2 is 1.95 bits per heavy atom. The number of rotatable bonds is 4. The van der Waals surface area contributed by atoms with Crippen LogP contribution in [0.15, 0.2) is 47.8 Å². The molecule has 0 aliphatic rings. The minimum atomic E-state index is -0.398. The van der Waals surface area contributed by atoms with Crippen molar-refractivity contribution in [2.45, 2.75) is 13.8 Å². The van der Waals surface area contributed by atoms with Crippen LogP contribution < -0.4 is 4.74 Å². The second kappa shape index (κ2) is 6.65. The maximum Gasteiger partial charge on any atom is 0.308 e. The van der Waals surface area contributed by atoms with Gasteiger partial charge in [-0.25, -0.2) is 0 Å². The molecule has 21 heavy (non-hydrogen) atoms. The molecular formula is C16H16N2O3. The van der Waals surface area contributed by atoms with Crippen LogP contribution in [0.2, 0.25) is 0 Å². The Balaban J connectivity index is 2.63. The zero-order chi connectivity index (χ0) is 15.2. The summed E-state index contributed by atoms with van der Waals surface area (Å²) in [5.74, 6) is 0.0341. The van der Waals surface area contributed by atoms with Crippen molar-refractivity contribution in [1.82, 2.24) is 4.98 Å². The first-order valence-electron chi connectivity index (χ1n) is 6.44. The summed E-state index contributed by atoms with van der Waals surface area (Å²) in [6, 6.07) is 11.1. The molecule has 1 aromatic carbocycles. The van der Waals surface area contributed by atoms with Gasteiger partial charge in [0.15, 0.2) is 0 Å². The number of ether oxygens (including phenoxy) is 1. The number of hydrogen-bond acceptors (Lipinski definition) is 5. The Morgan fingerprint density at radius 3 is 2.57 bits per heavy atom. The average Bonchev–Trinajstić information content (AvgIpc) is 2.48. The minimum Gasteiger partial charge on any atom is -0.425 e. The summed E-state index contributed by atoms with van der Waals surface area (Å²) in [5, 5.41) is 3.90.